The first-order valence-electron chi connectivity index (χ1n) is 8.64. The van der Waals surface area contributed by atoms with Gasteiger partial charge in [-0.1, -0.05) is 30.3 Å². The highest BCUT2D eigenvalue weighted by atomic mass is 16.6. The SMILES string of the molecule is CC(C)(C)OC(=O)N(CCOc1ccccc1)Cc1cccc([N+](=O)[O-])c1. The Labute approximate surface area is 158 Å². The van der Waals surface area contributed by atoms with Crippen LogP contribution < -0.4 is 4.74 Å². The Hall–Kier alpha value is -3.09. The van der Waals surface area contributed by atoms with Gasteiger partial charge in [0.1, 0.15) is 18.0 Å². The Kier molecular flexibility index (Phi) is 6.76. The fourth-order valence-corrected chi connectivity index (χ4v) is 2.34. The van der Waals surface area contributed by atoms with Gasteiger partial charge in [-0.25, -0.2) is 4.79 Å². The molecule has 0 aliphatic carbocycles. The predicted octanol–water partition coefficient (Wildman–Crippen LogP) is 4.41. The fourth-order valence-electron chi connectivity index (χ4n) is 2.34. The fraction of sp³-hybridized carbons (Fsp3) is 0.350. The molecule has 0 aliphatic heterocycles. The van der Waals surface area contributed by atoms with Crippen molar-refractivity contribution >= 4 is 11.8 Å². The van der Waals surface area contributed by atoms with Crippen LogP contribution in [0, 0.1) is 10.1 Å². The van der Waals surface area contributed by atoms with Gasteiger partial charge in [0.2, 0.25) is 0 Å². The van der Waals surface area contributed by atoms with Crippen LogP contribution in [0.2, 0.25) is 0 Å². The number of carbonyl (C=O) groups is 1. The van der Waals surface area contributed by atoms with Gasteiger partial charge in [0.05, 0.1) is 11.5 Å². The van der Waals surface area contributed by atoms with Gasteiger partial charge in [-0.2, -0.15) is 0 Å². The molecule has 144 valence electrons. The maximum Gasteiger partial charge on any atom is 0.410 e. The molecule has 0 saturated heterocycles. The minimum absolute atomic E-state index is 0.0165. The second kappa shape index (κ2) is 9.02. The molecular formula is C20H24N2O5. The Morgan fingerprint density at radius 2 is 1.81 bits per heavy atom. The van der Waals surface area contributed by atoms with Gasteiger partial charge in [0.15, 0.2) is 0 Å². The molecule has 7 nitrogen and oxygen atoms in total. The first-order chi connectivity index (χ1) is 12.7. The van der Waals surface area contributed by atoms with Crippen molar-refractivity contribution in [3.8, 4) is 5.75 Å². The largest absolute Gasteiger partial charge is 0.492 e. The smallest absolute Gasteiger partial charge is 0.410 e. The number of rotatable bonds is 7. The molecule has 2 rings (SSSR count). The topological polar surface area (TPSA) is 81.9 Å². The van der Waals surface area contributed by atoms with Gasteiger partial charge in [-0.3, -0.25) is 10.1 Å². The van der Waals surface area contributed by atoms with E-state index in [1.165, 1.54) is 17.0 Å². The summed E-state index contributed by atoms with van der Waals surface area (Å²) in [5, 5.41) is 11.0. The maximum absolute atomic E-state index is 12.5. The Morgan fingerprint density at radius 1 is 1.11 bits per heavy atom. The highest BCUT2D eigenvalue weighted by Crippen LogP contribution is 2.17. The molecule has 2 aromatic rings. The Morgan fingerprint density at radius 3 is 2.44 bits per heavy atom. The van der Waals surface area contributed by atoms with E-state index in [1.54, 1.807) is 32.9 Å². The summed E-state index contributed by atoms with van der Waals surface area (Å²) >= 11 is 0. The van der Waals surface area contributed by atoms with Crippen LogP contribution in [0.5, 0.6) is 5.75 Å². The van der Waals surface area contributed by atoms with E-state index in [2.05, 4.69) is 0 Å². The molecule has 0 aromatic heterocycles. The monoisotopic (exact) mass is 372 g/mol. The van der Waals surface area contributed by atoms with Crippen LogP contribution in [0.15, 0.2) is 54.6 Å². The van der Waals surface area contributed by atoms with Crippen LogP contribution in [-0.4, -0.2) is 34.7 Å². The number of nitro groups is 1. The van der Waals surface area contributed by atoms with Gasteiger partial charge >= 0.3 is 6.09 Å². The number of amides is 1. The zero-order valence-corrected chi connectivity index (χ0v) is 15.8. The number of benzene rings is 2. The van der Waals surface area contributed by atoms with E-state index in [0.717, 1.165) is 0 Å². The highest BCUT2D eigenvalue weighted by Gasteiger charge is 2.23. The molecule has 0 radical (unpaired) electrons. The lowest BCUT2D eigenvalue weighted by Gasteiger charge is -2.27. The van der Waals surface area contributed by atoms with E-state index < -0.39 is 16.6 Å². The molecule has 0 aliphatic rings. The summed E-state index contributed by atoms with van der Waals surface area (Å²) in [7, 11) is 0. The van der Waals surface area contributed by atoms with Crippen molar-refractivity contribution in [3.05, 3.63) is 70.3 Å². The minimum Gasteiger partial charge on any atom is -0.492 e. The normalized spacial score (nSPS) is 10.9. The number of carbonyl (C=O) groups excluding carboxylic acids is 1. The molecular weight excluding hydrogens is 348 g/mol. The summed E-state index contributed by atoms with van der Waals surface area (Å²) in [4.78, 5) is 24.5. The average molecular weight is 372 g/mol. The van der Waals surface area contributed by atoms with Crippen LogP contribution in [0.4, 0.5) is 10.5 Å². The molecule has 2 aromatic carbocycles. The lowest BCUT2D eigenvalue weighted by molar-refractivity contribution is -0.384. The van der Waals surface area contributed by atoms with E-state index >= 15 is 0 Å². The molecule has 0 heterocycles. The number of para-hydroxylation sites is 1. The average Bonchev–Trinajstić information content (AvgIpc) is 2.60. The Bertz CT molecular complexity index is 771. The first kappa shape index (κ1) is 20.2. The molecule has 0 bridgehead atoms. The van der Waals surface area contributed by atoms with Gasteiger partial charge in [0.25, 0.3) is 5.69 Å². The van der Waals surface area contributed by atoms with E-state index in [-0.39, 0.29) is 25.4 Å². The Balaban J connectivity index is 2.07. The highest BCUT2D eigenvalue weighted by molar-refractivity contribution is 5.68. The minimum atomic E-state index is -0.641. The zero-order valence-electron chi connectivity index (χ0n) is 15.8. The zero-order chi connectivity index (χ0) is 19.9. The third-order valence-corrected chi connectivity index (χ3v) is 3.52. The number of hydrogen-bond acceptors (Lipinski definition) is 5. The van der Waals surface area contributed by atoms with Crippen LogP contribution in [-0.2, 0) is 11.3 Å². The molecule has 7 heteroatoms. The standard InChI is InChI=1S/C20H24N2O5/c1-20(2,3)27-19(23)21(12-13-26-18-10-5-4-6-11-18)15-16-8-7-9-17(14-16)22(24)25/h4-11,14H,12-13,15H2,1-3H3. The lowest BCUT2D eigenvalue weighted by atomic mass is 10.2. The van der Waals surface area contributed by atoms with Crippen LogP contribution in [0.25, 0.3) is 0 Å². The third-order valence-electron chi connectivity index (χ3n) is 3.52. The second-order valence-electron chi connectivity index (χ2n) is 6.99. The lowest BCUT2D eigenvalue weighted by Crippen LogP contribution is -2.38. The van der Waals surface area contributed by atoms with Crippen molar-refractivity contribution in [3.63, 3.8) is 0 Å². The number of ether oxygens (including phenoxy) is 2. The van der Waals surface area contributed by atoms with Crippen LogP contribution in [0.3, 0.4) is 0 Å². The van der Waals surface area contributed by atoms with Gasteiger partial charge < -0.3 is 14.4 Å². The predicted molar refractivity (Wildman–Crippen MR) is 102 cm³/mol. The summed E-state index contributed by atoms with van der Waals surface area (Å²) in [5.74, 6) is 0.706. The molecule has 0 spiro atoms. The summed E-state index contributed by atoms with van der Waals surface area (Å²) in [6.07, 6.45) is -0.495. The van der Waals surface area contributed by atoms with E-state index in [9.17, 15) is 14.9 Å². The van der Waals surface area contributed by atoms with Crippen molar-refractivity contribution in [2.75, 3.05) is 13.2 Å². The molecule has 0 atom stereocenters. The van der Waals surface area contributed by atoms with Crippen LogP contribution in [0.1, 0.15) is 26.3 Å². The first-order valence-corrected chi connectivity index (χ1v) is 8.64. The number of nitrogens with zero attached hydrogens (tertiary/aromatic N) is 2. The van der Waals surface area contributed by atoms with Crippen molar-refractivity contribution in [1.82, 2.24) is 4.90 Å². The van der Waals surface area contributed by atoms with Gasteiger partial charge in [-0.15, -0.1) is 0 Å². The summed E-state index contributed by atoms with van der Waals surface area (Å²) in [6.45, 7) is 6.12. The molecule has 0 unspecified atom stereocenters. The van der Waals surface area contributed by atoms with E-state index in [1.807, 2.05) is 30.3 Å². The van der Waals surface area contributed by atoms with Crippen molar-refractivity contribution in [1.29, 1.82) is 0 Å². The molecule has 0 saturated carbocycles. The summed E-state index contributed by atoms with van der Waals surface area (Å²) in [5.41, 5.74) is -0.00914. The van der Waals surface area contributed by atoms with Crippen molar-refractivity contribution < 1.29 is 19.2 Å². The number of nitro benzene ring substituents is 1. The van der Waals surface area contributed by atoms with Crippen molar-refractivity contribution in [2.24, 2.45) is 0 Å². The second-order valence-corrected chi connectivity index (χ2v) is 6.99. The quantitative estimate of drug-likeness (QED) is 0.531. The molecule has 0 N–H and O–H groups in total. The van der Waals surface area contributed by atoms with Crippen LogP contribution >= 0.6 is 0 Å². The number of non-ortho nitro benzene ring substituents is 1. The number of hydrogen-bond donors (Lipinski definition) is 0. The molecule has 27 heavy (non-hydrogen) atoms. The third kappa shape index (κ3) is 6.97. The van der Waals surface area contributed by atoms with Gasteiger partial charge in [-0.05, 0) is 38.5 Å². The van der Waals surface area contributed by atoms with E-state index in [4.69, 9.17) is 9.47 Å². The van der Waals surface area contributed by atoms with Crippen molar-refractivity contribution in [2.45, 2.75) is 32.9 Å². The summed E-state index contributed by atoms with van der Waals surface area (Å²) < 4.78 is 11.1. The molecule has 0 fully saturated rings. The van der Waals surface area contributed by atoms with E-state index in [0.29, 0.717) is 11.3 Å². The molecule has 1 amide bonds. The summed E-state index contributed by atoms with van der Waals surface area (Å²) in [6, 6.07) is 15.5. The maximum atomic E-state index is 12.5. The van der Waals surface area contributed by atoms with Gasteiger partial charge in [0, 0.05) is 18.7 Å².